The van der Waals surface area contributed by atoms with Crippen LogP contribution in [0.1, 0.15) is 246 Å². The lowest BCUT2D eigenvalue weighted by atomic mass is 9.95. The van der Waals surface area contributed by atoms with Crippen molar-refractivity contribution < 1.29 is 72.3 Å². The minimum absolute atomic E-state index is 0.00326. The smallest absolute Gasteiger partial charge is 0.221 e. The number of ether oxygens (including phenoxy) is 5. The normalized spacial score (nSPS) is 11.5. The van der Waals surface area contributed by atoms with E-state index in [1.807, 2.05) is 20.8 Å². The summed E-state index contributed by atoms with van der Waals surface area (Å²) in [6, 6.07) is 14.1. The van der Waals surface area contributed by atoms with Gasteiger partial charge in [0.2, 0.25) is 35.4 Å². The van der Waals surface area contributed by atoms with Crippen LogP contribution in [0.5, 0.6) is 0 Å². The molecular formula is C102H222N30O15. The molecule has 2 aromatic rings. The van der Waals surface area contributed by atoms with Gasteiger partial charge in [0.25, 0.3) is 0 Å². The van der Waals surface area contributed by atoms with Gasteiger partial charge in [0, 0.05) is 237 Å². The number of Topliss-reactive ketones (excluding diaryl/α,β-unsaturated/α-hetero) is 2. The van der Waals surface area contributed by atoms with Crippen LogP contribution in [0, 0.1) is 11.3 Å². The summed E-state index contributed by atoms with van der Waals surface area (Å²) in [6.45, 7) is 43.0. The summed E-state index contributed by atoms with van der Waals surface area (Å²) in [5.74, 6) is 1.17. The van der Waals surface area contributed by atoms with E-state index >= 15 is 0 Å². The highest BCUT2D eigenvalue weighted by Gasteiger charge is 2.17. The van der Waals surface area contributed by atoms with E-state index in [1.165, 1.54) is 32.1 Å². The molecule has 0 spiro atoms. The van der Waals surface area contributed by atoms with Gasteiger partial charge in [-0.1, -0.05) is 112 Å². The first-order valence-electron chi connectivity index (χ1n) is 53.9. The van der Waals surface area contributed by atoms with E-state index in [9.17, 15) is 48.6 Å². The molecule has 0 heterocycles. The van der Waals surface area contributed by atoms with Crippen molar-refractivity contribution in [3.63, 3.8) is 0 Å². The number of amides is 6. The largest absolute Gasteiger partial charge is 0.399 e. The Bertz CT molecular complexity index is 3010. The molecule has 0 saturated carbocycles. The fourth-order valence-electron chi connectivity index (χ4n) is 11.7. The molecular weight excluding hydrogens is 1890 g/mol. The van der Waals surface area contributed by atoms with Gasteiger partial charge in [-0.3, -0.25) is 38.4 Å². The number of aliphatic hydroxyl groups excluding tert-OH is 2. The molecule has 870 valence electrons. The molecule has 2 rings (SSSR count). The molecule has 0 fully saturated rings. The number of carbonyl (C=O) groups excluding carboxylic acids is 8. The number of nitrogen functional groups attached to an aromatic ring is 2. The fraction of sp³-hybridized carbons (Fsp3) is 0.804. The van der Waals surface area contributed by atoms with Crippen molar-refractivity contribution in [1.82, 2.24) is 51.5 Å². The van der Waals surface area contributed by atoms with Gasteiger partial charge in [0.15, 0.2) is 12.6 Å². The van der Waals surface area contributed by atoms with E-state index < -0.39 is 12.6 Å². The average molecular weight is 2110 g/mol. The van der Waals surface area contributed by atoms with Crippen LogP contribution >= 0.6 is 0 Å². The van der Waals surface area contributed by atoms with Crippen LogP contribution in [-0.4, -0.2) is 365 Å². The van der Waals surface area contributed by atoms with Gasteiger partial charge in [-0.05, 0) is 191 Å². The van der Waals surface area contributed by atoms with E-state index in [1.54, 1.807) is 48.5 Å². The first-order valence-corrected chi connectivity index (χ1v) is 53.9. The number of nitrogens with one attached hydrogen (secondary N) is 6. The summed E-state index contributed by atoms with van der Waals surface area (Å²) in [7, 11) is 0. The van der Waals surface area contributed by atoms with Crippen LogP contribution in [0.2, 0.25) is 0 Å². The minimum atomic E-state index is -0.966. The summed E-state index contributed by atoms with van der Waals surface area (Å²) in [5.41, 5.74) is 109. The topological polar surface area (TPSA) is 829 Å². The zero-order chi connectivity index (χ0) is 112. The number of benzene rings is 2. The standard InChI is InChI=1S/C18H37N3O2.C18H24N2O4.C14H31N5O2.C13H29N5O2.C12H27N5O2.C8H20N2O3.C6H16N2.2C5H14N2.C3H10N2/c1-2-3-4-5-6-14-21(16-11-18(23)9-13-20)15-10-17(22)8-7-12-19;19-15-7-3-13(4-8-15)17(21)23-11-1-2-12-24-18(22)14-5-9-16(20)10-6-14;1-2-3-10-19(11-4-13(20)17-8-6-15)12-5-14(21)18-9-7-16;1-2-9-18(10-3-12(19)16-7-5-14)11-4-13(20)17-8-6-15;1-2-17(9-3-11(18)15-7-5-13)10-4-12(19)16-8-6-14;9-1-3-11-5-7-13-8-6-12-4-2-10;1-6(5-8)3-2-4-7;1-5(2,3-6)4-7;1-2-5(7)3-4-6;4-2-1-3-5/h2-16,19-20H2,1H3;3-10,17-18,21-22H,1-2,11-12,19-20H2;2-12,15-16H2,1H3,(H,17,20)(H,18,21);2-11,14-15H2,1H3,(H,16,19)(H,17,20);2-10,13-14H2,1H3,(H,15,18)(H,16,19);1-10H2;6H,2-5,7-8H2,1H3;3-4,6-7H2,1-2H3;5H,2-4,6-7H2,1H3;1-5H2. The fourth-order valence-corrected chi connectivity index (χ4v) is 11.7. The Balaban J connectivity index is -0.000000251. The first kappa shape index (κ1) is 155. The predicted octanol–water partition coefficient (Wildman–Crippen LogP) is -0.933. The van der Waals surface area contributed by atoms with Gasteiger partial charge in [0.1, 0.15) is 11.6 Å². The van der Waals surface area contributed by atoms with Gasteiger partial charge < -0.3 is 200 Å². The number of hydrogen-bond donors (Lipinski definition) is 28. The SMILES string of the molecule is CC(C)(CN)CN.CC(CN)CCCN.CCC(N)CCN.CCCCCCCN(CCC(=O)CCN)CCC(=O)CCCN.CCCCN(CCC(=O)NCCN)CCC(=O)NCCN.CCCN(CCC(=O)NCCN)CCC(=O)NCCN.CCN(CCC(=O)NCCN)CCC(=O)NCCN.NCCCN.NCCOCCOCCOCCN.Nc1ccc(C(O)OCCCCOC(O)c2ccc(N)cc2)cc1. The summed E-state index contributed by atoms with van der Waals surface area (Å²) < 4.78 is 26.1. The average Bonchev–Trinajstić information content (AvgIpc) is 0.899. The Hall–Kier alpha value is -6.96. The maximum atomic E-state index is 11.8. The summed E-state index contributed by atoms with van der Waals surface area (Å²) in [5, 5.41) is 36.2. The third kappa shape index (κ3) is 122. The quantitative estimate of drug-likeness (QED) is 0.0216. The lowest BCUT2D eigenvalue weighted by molar-refractivity contribution is -0.123. The number of rotatable bonds is 83. The van der Waals surface area contributed by atoms with Gasteiger partial charge in [0.05, 0.1) is 52.9 Å². The van der Waals surface area contributed by atoms with E-state index in [0.717, 1.165) is 130 Å². The van der Waals surface area contributed by atoms with Gasteiger partial charge in [-0.2, -0.15) is 0 Å². The second-order valence-corrected chi connectivity index (χ2v) is 35.5. The van der Waals surface area contributed by atoms with Crippen molar-refractivity contribution in [2.24, 2.45) is 115 Å². The van der Waals surface area contributed by atoms with E-state index in [-0.39, 0.29) is 52.4 Å². The molecule has 45 heteroatoms. The molecule has 0 saturated heterocycles. The number of ketones is 2. The number of nitrogens with two attached hydrogens (primary N) is 20. The van der Waals surface area contributed by atoms with Crippen molar-refractivity contribution in [2.45, 2.75) is 241 Å². The van der Waals surface area contributed by atoms with Crippen LogP contribution in [0.15, 0.2) is 48.5 Å². The maximum Gasteiger partial charge on any atom is 0.221 e. The summed E-state index contributed by atoms with van der Waals surface area (Å²) >= 11 is 0. The monoisotopic (exact) mass is 2110 g/mol. The van der Waals surface area contributed by atoms with Crippen molar-refractivity contribution in [2.75, 3.05) is 293 Å². The van der Waals surface area contributed by atoms with Crippen molar-refractivity contribution in [3.8, 4) is 0 Å². The zero-order valence-electron chi connectivity index (χ0n) is 92.8. The first-order chi connectivity index (χ1) is 70.7. The molecule has 6 amide bonds. The van der Waals surface area contributed by atoms with Crippen LogP contribution in [0.4, 0.5) is 11.4 Å². The molecule has 48 N–H and O–H groups in total. The highest BCUT2D eigenvalue weighted by Crippen LogP contribution is 2.19. The number of hydrogen-bond acceptors (Lipinski definition) is 39. The summed E-state index contributed by atoms with van der Waals surface area (Å²) in [4.78, 5) is 101. The Morgan fingerprint density at radius 1 is 0.313 bits per heavy atom. The van der Waals surface area contributed by atoms with E-state index in [2.05, 4.69) is 86.1 Å². The van der Waals surface area contributed by atoms with Gasteiger partial charge >= 0.3 is 0 Å². The van der Waals surface area contributed by atoms with Crippen LogP contribution in [-0.2, 0) is 62.0 Å². The Morgan fingerprint density at radius 3 is 0.905 bits per heavy atom. The number of unbranched alkanes of at least 4 members (excludes halogenated alkanes) is 6. The third-order valence-corrected chi connectivity index (χ3v) is 21.3. The molecule has 2 aromatic carbocycles. The van der Waals surface area contributed by atoms with Gasteiger partial charge in [-0.25, -0.2) is 0 Å². The Morgan fingerprint density at radius 2 is 0.633 bits per heavy atom. The Kier molecular flexibility index (Phi) is 129. The zero-order valence-corrected chi connectivity index (χ0v) is 92.8. The predicted molar refractivity (Wildman–Crippen MR) is 603 cm³/mol. The number of nitrogens with zero attached hydrogens (tertiary/aromatic N) is 4. The second-order valence-electron chi connectivity index (χ2n) is 35.5. The maximum absolute atomic E-state index is 11.8. The number of anilines is 2. The molecule has 4 atom stereocenters. The highest BCUT2D eigenvalue weighted by atomic mass is 16.6. The van der Waals surface area contributed by atoms with Crippen molar-refractivity contribution in [1.29, 1.82) is 0 Å². The molecule has 147 heavy (non-hydrogen) atoms. The van der Waals surface area contributed by atoms with Crippen LogP contribution in [0.25, 0.3) is 0 Å². The molecule has 0 aliphatic carbocycles. The minimum Gasteiger partial charge on any atom is -0.399 e. The molecule has 45 nitrogen and oxygen atoms in total. The molecule has 0 bridgehead atoms. The molecule has 0 radical (unpaired) electrons. The lowest BCUT2D eigenvalue weighted by Gasteiger charge is -2.21. The van der Waals surface area contributed by atoms with Crippen molar-refractivity contribution in [3.05, 3.63) is 59.7 Å². The van der Waals surface area contributed by atoms with E-state index in [0.29, 0.717) is 321 Å². The molecule has 0 aliphatic heterocycles. The van der Waals surface area contributed by atoms with Crippen molar-refractivity contribution >= 4 is 58.4 Å². The molecule has 0 aliphatic rings. The van der Waals surface area contributed by atoms with Gasteiger partial charge in [-0.15, -0.1) is 0 Å². The van der Waals surface area contributed by atoms with Crippen LogP contribution in [0.3, 0.4) is 0 Å². The Labute approximate surface area is 886 Å². The number of carbonyl (C=O) groups is 8. The highest BCUT2D eigenvalue weighted by molar-refractivity contribution is 5.80. The molecule has 0 aromatic heterocycles. The second kappa shape index (κ2) is 123. The van der Waals surface area contributed by atoms with E-state index in [4.69, 9.17) is 138 Å². The van der Waals surface area contributed by atoms with Crippen LogP contribution < -0.4 is 147 Å². The lowest BCUT2D eigenvalue weighted by Crippen LogP contribution is -2.36. The molecule has 4 unspecified atom stereocenters. The number of aliphatic hydroxyl groups is 2. The summed E-state index contributed by atoms with van der Waals surface area (Å²) in [6.07, 6.45) is 19.5. The third-order valence-electron chi connectivity index (χ3n) is 21.3.